The number of hydrogen-bond acceptors (Lipinski definition) is 5. The summed E-state index contributed by atoms with van der Waals surface area (Å²) in [6.45, 7) is 6.32. The summed E-state index contributed by atoms with van der Waals surface area (Å²) in [5, 5.41) is 4.19. The molecule has 1 saturated carbocycles. The molecule has 1 unspecified atom stereocenters. The van der Waals surface area contributed by atoms with Crippen LogP contribution in [0.3, 0.4) is 0 Å². The molecule has 2 aromatic carbocycles. The first-order chi connectivity index (χ1) is 16.6. The smallest absolute Gasteiger partial charge is 0.246 e. The van der Waals surface area contributed by atoms with Crippen molar-refractivity contribution >= 4 is 11.6 Å². The highest BCUT2D eigenvalue weighted by Gasteiger charge is 2.35. The lowest BCUT2D eigenvalue weighted by atomic mass is 9.95. The van der Waals surface area contributed by atoms with E-state index in [-0.39, 0.29) is 17.9 Å². The first kappa shape index (κ1) is 22.6. The molecule has 1 aliphatic carbocycles. The summed E-state index contributed by atoms with van der Waals surface area (Å²) in [6, 6.07) is 17.0. The van der Waals surface area contributed by atoms with E-state index in [1.54, 1.807) is 0 Å². The summed E-state index contributed by atoms with van der Waals surface area (Å²) in [7, 11) is 0. The largest absolute Gasteiger partial charge is 0.371 e. The van der Waals surface area contributed by atoms with Crippen molar-refractivity contribution < 1.29 is 9.32 Å². The number of rotatable bonds is 6. The molecular formula is C28H34N4O2. The van der Waals surface area contributed by atoms with E-state index < -0.39 is 0 Å². The van der Waals surface area contributed by atoms with Gasteiger partial charge in [0, 0.05) is 30.4 Å². The summed E-state index contributed by atoms with van der Waals surface area (Å²) < 4.78 is 5.61. The first-order valence-corrected chi connectivity index (χ1v) is 12.6. The van der Waals surface area contributed by atoms with E-state index in [9.17, 15) is 4.79 Å². The number of carbonyl (C=O) groups is 1. The average molecular weight is 459 g/mol. The van der Waals surface area contributed by atoms with Crippen LogP contribution >= 0.6 is 0 Å². The van der Waals surface area contributed by atoms with Gasteiger partial charge in [-0.25, -0.2) is 0 Å². The topological polar surface area (TPSA) is 62.5 Å². The Morgan fingerprint density at radius 3 is 2.35 bits per heavy atom. The standard InChI is InChI=1S/C28H34N4O2/c1-20-9-13-22(14-10-20)27-29-26(34-30-27)19-32(25-7-3-4-8-25)28(33)23-6-5-17-31(18-23)24-15-11-21(2)12-16-24/h9-16,23,25H,3-8,17-19H2,1-2H3. The number of aryl methyl sites for hydroxylation is 2. The minimum Gasteiger partial charge on any atom is -0.371 e. The Morgan fingerprint density at radius 2 is 1.65 bits per heavy atom. The van der Waals surface area contributed by atoms with Crippen LogP contribution in [0.4, 0.5) is 5.69 Å². The second-order valence-electron chi connectivity index (χ2n) is 9.90. The molecule has 6 heteroatoms. The van der Waals surface area contributed by atoms with Gasteiger partial charge in [-0.2, -0.15) is 4.98 Å². The number of hydrogen-bond donors (Lipinski definition) is 0. The van der Waals surface area contributed by atoms with E-state index in [0.717, 1.165) is 44.3 Å². The molecule has 5 rings (SSSR count). The van der Waals surface area contributed by atoms with Crippen LogP contribution in [0.2, 0.25) is 0 Å². The van der Waals surface area contributed by atoms with Gasteiger partial charge in [0.2, 0.25) is 17.6 Å². The molecule has 1 atom stereocenters. The van der Waals surface area contributed by atoms with Crippen molar-refractivity contribution in [3.05, 3.63) is 65.5 Å². The Morgan fingerprint density at radius 1 is 0.971 bits per heavy atom. The zero-order chi connectivity index (χ0) is 23.5. The van der Waals surface area contributed by atoms with Gasteiger partial charge in [-0.3, -0.25) is 4.79 Å². The molecule has 1 saturated heterocycles. The van der Waals surface area contributed by atoms with Gasteiger partial charge in [-0.15, -0.1) is 0 Å². The van der Waals surface area contributed by atoms with Crippen LogP contribution < -0.4 is 4.90 Å². The van der Waals surface area contributed by atoms with E-state index in [2.05, 4.69) is 53.2 Å². The molecule has 34 heavy (non-hydrogen) atoms. The Hall–Kier alpha value is -3.15. The van der Waals surface area contributed by atoms with E-state index in [1.165, 1.54) is 29.7 Å². The van der Waals surface area contributed by atoms with Crippen molar-refractivity contribution in [2.45, 2.75) is 65.0 Å². The predicted octanol–water partition coefficient (Wildman–Crippen LogP) is 5.54. The van der Waals surface area contributed by atoms with Crippen molar-refractivity contribution in [1.82, 2.24) is 15.0 Å². The highest BCUT2D eigenvalue weighted by atomic mass is 16.5. The molecule has 0 spiro atoms. The highest BCUT2D eigenvalue weighted by molar-refractivity contribution is 5.80. The number of piperidine rings is 1. The zero-order valence-corrected chi connectivity index (χ0v) is 20.2. The fraction of sp³-hybridized carbons (Fsp3) is 0.464. The van der Waals surface area contributed by atoms with Crippen LogP contribution in [-0.4, -0.2) is 40.1 Å². The maximum atomic E-state index is 13.8. The van der Waals surface area contributed by atoms with Gasteiger partial charge in [0.05, 0.1) is 5.92 Å². The summed E-state index contributed by atoms with van der Waals surface area (Å²) in [5.41, 5.74) is 4.58. The minimum atomic E-state index is -0.00450. The number of carbonyl (C=O) groups excluding carboxylic acids is 1. The van der Waals surface area contributed by atoms with Gasteiger partial charge in [-0.05, 0) is 51.7 Å². The third kappa shape index (κ3) is 5.01. The van der Waals surface area contributed by atoms with Gasteiger partial charge < -0.3 is 14.3 Å². The van der Waals surface area contributed by atoms with Crippen molar-refractivity contribution in [3.63, 3.8) is 0 Å². The van der Waals surface area contributed by atoms with E-state index in [0.29, 0.717) is 18.3 Å². The van der Waals surface area contributed by atoms with Gasteiger partial charge in [-0.1, -0.05) is 65.5 Å². The van der Waals surface area contributed by atoms with Crippen LogP contribution in [0.1, 0.15) is 55.5 Å². The molecule has 0 N–H and O–H groups in total. The normalized spacial score (nSPS) is 18.9. The summed E-state index contributed by atoms with van der Waals surface area (Å²) in [6.07, 6.45) is 6.42. The van der Waals surface area contributed by atoms with Crippen LogP contribution in [0.25, 0.3) is 11.4 Å². The lowest BCUT2D eigenvalue weighted by molar-refractivity contribution is -0.139. The molecule has 6 nitrogen and oxygen atoms in total. The van der Waals surface area contributed by atoms with E-state index in [1.807, 2.05) is 29.2 Å². The molecule has 2 heterocycles. The van der Waals surface area contributed by atoms with E-state index in [4.69, 9.17) is 4.52 Å². The summed E-state index contributed by atoms with van der Waals surface area (Å²) in [5.74, 6) is 1.33. The van der Waals surface area contributed by atoms with Crippen molar-refractivity contribution in [1.29, 1.82) is 0 Å². The minimum absolute atomic E-state index is 0.00450. The molecule has 0 radical (unpaired) electrons. The quantitative estimate of drug-likeness (QED) is 0.485. The Bertz CT molecular complexity index is 1100. The molecule has 2 aliphatic rings. The lowest BCUT2D eigenvalue weighted by Gasteiger charge is -2.37. The molecule has 2 fully saturated rings. The molecule has 1 aliphatic heterocycles. The third-order valence-electron chi connectivity index (χ3n) is 7.30. The van der Waals surface area contributed by atoms with Gasteiger partial charge in [0.25, 0.3) is 0 Å². The molecule has 1 amide bonds. The number of aromatic nitrogens is 2. The molecule has 1 aromatic heterocycles. The van der Waals surface area contributed by atoms with Crippen LogP contribution in [0.5, 0.6) is 0 Å². The predicted molar refractivity (Wildman–Crippen MR) is 133 cm³/mol. The van der Waals surface area contributed by atoms with Crippen molar-refractivity contribution in [3.8, 4) is 11.4 Å². The summed E-state index contributed by atoms with van der Waals surface area (Å²) in [4.78, 5) is 22.9. The number of benzene rings is 2. The third-order valence-corrected chi connectivity index (χ3v) is 7.30. The Balaban J connectivity index is 1.32. The van der Waals surface area contributed by atoms with Crippen LogP contribution in [0.15, 0.2) is 53.1 Å². The van der Waals surface area contributed by atoms with E-state index >= 15 is 0 Å². The maximum Gasteiger partial charge on any atom is 0.246 e. The number of nitrogens with zero attached hydrogens (tertiary/aromatic N) is 4. The van der Waals surface area contributed by atoms with Crippen molar-refractivity contribution in [2.24, 2.45) is 5.92 Å². The number of anilines is 1. The highest BCUT2D eigenvalue weighted by Crippen LogP contribution is 2.30. The SMILES string of the molecule is Cc1ccc(-c2noc(CN(C(=O)C3CCCN(c4ccc(C)cc4)C3)C3CCCC3)n2)cc1. The van der Waals surface area contributed by atoms with Gasteiger partial charge in [0.1, 0.15) is 6.54 Å². The average Bonchev–Trinajstić information content (AvgIpc) is 3.56. The fourth-order valence-electron chi connectivity index (χ4n) is 5.29. The fourth-order valence-corrected chi connectivity index (χ4v) is 5.29. The maximum absolute atomic E-state index is 13.8. The number of amides is 1. The zero-order valence-electron chi connectivity index (χ0n) is 20.2. The van der Waals surface area contributed by atoms with Crippen LogP contribution in [0, 0.1) is 19.8 Å². The van der Waals surface area contributed by atoms with Gasteiger partial charge >= 0.3 is 0 Å². The monoisotopic (exact) mass is 458 g/mol. The first-order valence-electron chi connectivity index (χ1n) is 12.6. The second kappa shape index (κ2) is 10.00. The Labute approximate surface area is 202 Å². The molecule has 3 aromatic rings. The van der Waals surface area contributed by atoms with Crippen molar-refractivity contribution in [2.75, 3.05) is 18.0 Å². The summed E-state index contributed by atoms with van der Waals surface area (Å²) >= 11 is 0. The second-order valence-corrected chi connectivity index (χ2v) is 9.90. The Kier molecular flexibility index (Phi) is 6.66. The molecular weight excluding hydrogens is 424 g/mol. The molecule has 178 valence electrons. The molecule has 0 bridgehead atoms. The van der Waals surface area contributed by atoms with Gasteiger partial charge in [0.15, 0.2) is 0 Å². The lowest BCUT2D eigenvalue weighted by Crippen LogP contribution is -2.47. The van der Waals surface area contributed by atoms with Crippen LogP contribution in [-0.2, 0) is 11.3 Å².